The van der Waals surface area contributed by atoms with Gasteiger partial charge in [-0.15, -0.1) is 0 Å². The van der Waals surface area contributed by atoms with Crippen molar-refractivity contribution in [3.05, 3.63) is 61.8 Å². The summed E-state index contributed by atoms with van der Waals surface area (Å²) in [6, 6.07) is 7.57. The van der Waals surface area contributed by atoms with Gasteiger partial charge in [0.1, 0.15) is 5.56 Å². The molecule has 2 aromatic rings. The summed E-state index contributed by atoms with van der Waals surface area (Å²) >= 11 is 0. The third kappa shape index (κ3) is 3.37. The number of hydrogen-bond donors (Lipinski definition) is 2. The van der Waals surface area contributed by atoms with E-state index in [0.29, 0.717) is 5.92 Å². The number of carbonyl (C=O) groups is 1. The highest BCUT2D eigenvalue weighted by Gasteiger charge is 2.34. The SMILES string of the molecule is CCC(=O)N1N=C(c2c(O)n(C)c(=O)[nH]c2=O)C[C@@H]1c1ccc(C(C)C)cc1. The Kier molecular flexibility index (Phi) is 5.22. The lowest BCUT2D eigenvalue weighted by Gasteiger charge is -2.22. The van der Waals surface area contributed by atoms with Gasteiger partial charge < -0.3 is 5.11 Å². The molecule has 0 bridgehead atoms. The number of H-pyrrole nitrogens is 1. The Labute approximate surface area is 162 Å². The molecule has 0 radical (unpaired) electrons. The quantitative estimate of drug-likeness (QED) is 0.840. The minimum Gasteiger partial charge on any atom is -0.494 e. The Bertz CT molecular complexity index is 1050. The summed E-state index contributed by atoms with van der Waals surface area (Å²) in [6.45, 7) is 5.95. The van der Waals surface area contributed by atoms with Crippen LogP contribution in [0, 0.1) is 0 Å². The number of carbonyl (C=O) groups excluding carboxylic acids is 1. The number of nitrogens with one attached hydrogen (secondary N) is 1. The van der Waals surface area contributed by atoms with Crippen LogP contribution < -0.4 is 11.2 Å². The standard InChI is InChI=1S/C20H24N4O4/c1-5-16(25)24-15(13-8-6-12(7-9-13)11(2)3)10-14(22-24)17-18(26)21-20(28)23(4)19(17)27/h6-9,11,15,27H,5,10H2,1-4H3,(H,21,26,28)/t15-/m1/s1. The van der Waals surface area contributed by atoms with Crippen LogP contribution in [0.5, 0.6) is 5.88 Å². The summed E-state index contributed by atoms with van der Waals surface area (Å²) in [5.41, 5.74) is 0.826. The smallest absolute Gasteiger partial charge is 0.330 e. The van der Waals surface area contributed by atoms with E-state index in [1.54, 1.807) is 6.92 Å². The Morgan fingerprint density at radius 1 is 1.29 bits per heavy atom. The Morgan fingerprint density at radius 2 is 1.93 bits per heavy atom. The van der Waals surface area contributed by atoms with Gasteiger partial charge in [-0.05, 0) is 17.0 Å². The van der Waals surface area contributed by atoms with Gasteiger partial charge in [0, 0.05) is 19.9 Å². The molecule has 1 aliphatic rings. The van der Waals surface area contributed by atoms with E-state index in [0.717, 1.165) is 10.1 Å². The van der Waals surface area contributed by atoms with Crippen LogP contribution in [0.4, 0.5) is 0 Å². The zero-order chi connectivity index (χ0) is 20.6. The minimum atomic E-state index is -0.723. The van der Waals surface area contributed by atoms with Gasteiger partial charge in [-0.2, -0.15) is 5.10 Å². The van der Waals surface area contributed by atoms with Crippen molar-refractivity contribution in [2.45, 2.75) is 45.6 Å². The van der Waals surface area contributed by atoms with Crippen LogP contribution >= 0.6 is 0 Å². The zero-order valence-electron chi connectivity index (χ0n) is 16.4. The molecule has 1 aliphatic heterocycles. The number of aromatic amines is 1. The van der Waals surface area contributed by atoms with Crippen molar-refractivity contribution in [3.63, 3.8) is 0 Å². The molecule has 148 valence electrons. The van der Waals surface area contributed by atoms with Crippen molar-refractivity contribution in [2.75, 3.05) is 0 Å². The number of aromatic nitrogens is 2. The first-order valence-electron chi connectivity index (χ1n) is 9.26. The molecule has 3 rings (SSSR count). The normalized spacial score (nSPS) is 16.5. The number of aromatic hydroxyl groups is 1. The average molecular weight is 384 g/mol. The second-order valence-electron chi connectivity index (χ2n) is 7.20. The molecule has 0 fully saturated rings. The maximum atomic E-state index is 12.5. The lowest BCUT2D eigenvalue weighted by molar-refractivity contribution is -0.132. The molecular weight excluding hydrogens is 360 g/mol. The maximum Gasteiger partial charge on any atom is 0.330 e. The number of rotatable bonds is 4. The molecule has 0 unspecified atom stereocenters. The second kappa shape index (κ2) is 7.46. The van der Waals surface area contributed by atoms with Gasteiger partial charge in [-0.1, -0.05) is 45.0 Å². The molecule has 1 atom stereocenters. The van der Waals surface area contributed by atoms with Gasteiger partial charge >= 0.3 is 5.69 Å². The lowest BCUT2D eigenvalue weighted by atomic mass is 9.95. The molecule has 0 spiro atoms. The lowest BCUT2D eigenvalue weighted by Crippen LogP contribution is -2.32. The van der Waals surface area contributed by atoms with E-state index in [2.05, 4.69) is 23.9 Å². The average Bonchev–Trinajstić information content (AvgIpc) is 3.10. The summed E-state index contributed by atoms with van der Waals surface area (Å²) in [7, 11) is 1.35. The van der Waals surface area contributed by atoms with E-state index in [4.69, 9.17) is 0 Å². The molecule has 28 heavy (non-hydrogen) atoms. The molecule has 1 amide bonds. The molecular formula is C20H24N4O4. The van der Waals surface area contributed by atoms with Gasteiger partial charge in [0.25, 0.3) is 5.56 Å². The highest BCUT2D eigenvalue weighted by atomic mass is 16.3. The number of hydrazone groups is 1. The molecule has 0 saturated heterocycles. The molecule has 2 N–H and O–H groups in total. The van der Waals surface area contributed by atoms with Crippen molar-refractivity contribution < 1.29 is 9.90 Å². The van der Waals surface area contributed by atoms with Crippen molar-refractivity contribution in [3.8, 4) is 5.88 Å². The van der Waals surface area contributed by atoms with Crippen LogP contribution in [-0.4, -0.2) is 31.3 Å². The van der Waals surface area contributed by atoms with Crippen LogP contribution in [0.1, 0.15) is 62.3 Å². The van der Waals surface area contributed by atoms with E-state index in [1.165, 1.54) is 17.6 Å². The molecule has 8 heteroatoms. The molecule has 1 aromatic carbocycles. The second-order valence-corrected chi connectivity index (χ2v) is 7.20. The van der Waals surface area contributed by atoms with E-state index >= 15 is 0 Å². The fraction of sp³-hybridized carbons (Fsp3) is 0.400. The van der Waals surface area contributed by atoms with Crippen LogP contribution in [0.15, 0.2) is 39.0 Å². The van der Waals surface area contributed by atoms with Crippen LogP contribution in [0.2, 0.25) is 0 Å². The number of amides is 1. The van der Waals surface area contributed by atoms with Gasteiger partial charge in [-0.25, -0.2) is 9.80 Å². The Balaban J connectivity index is 2.05. The van der Waals surface area contributed by atoms with Gasteiger partial charge in [0.2, 0.25) is 11.8 Å². The van der Waals surface area contributed by atoms with Gasteiger partial charge in [0.15, 0.2) is 0 Å². The van der Waals surface area contributed by atoms with Crippen molar-refractivity contribution in [1.82, 2.24) is 14.6 Å². The van der Waals surface area contributed by atoms with Gasteiger partial charge in [-0.3, -0.25) is 19.1 Å². The van der Waals surface area contributed by atoms with Crippen molar-refractivity contribution >= 4 is 11.6 Å². The maximum absolute atomic E-state index is 12.5. The minimum absolute atomic E-state index is 0.0858. The summed E-state index contributed by atoms with van der Waals surface area (Å²) in [6.07, 6.45) is 0.522. The van der Waals surface area contributed by atoms with Crippen molar-refractivity contribution in [2.24, 2.45) is 12.1 Å². The first-order chi connectivity index (χ1) is 13.2. The third-order valence-electron chi connectivity index (χ3n) is 5.04. The van der Waals surface area contributed by atoms with Crippen LogP contribution in [0.25, 0.3) is 0 Å². The van der Waals surface area contributed by atoms with Crippen LogP contribution in [-0.2, 0) is 11.8 Å². The summed E-state index contributed by atoms with van der Waals surface area (Å²) in [5, 5.41) is 16.0. The first kappa shape index (κ1) is 19.6. The highest BCUT2D eigenvalue weighted by molar-refractivity contribution is 6.04. The van der Waals surface area contributed by atoms with E-state index in [-0.39, 0.29) is 36.1 Å². The third-order valence-corrected chi connectivity index (χ3v) is 5.04. The largest absolute Gasteiger partial charge is 0.494 e. The van der Waals surface area contributed by atoms with E-state index in [1.807, 2.05) is 24.3 Å². The molecule has 8 nitrogen and oxygen atoms in total. The molecule has 2 heterocycles. The highest BCUT2D eigenvalue weighted by Crippen LogP contribution is 2.34. The first-order valence-corrected chi connectivity index (χ1v) is 9.26. The van der Waals surface area contributed by atoms with E-state index in [9.17, 15) is 19.5 Å². The van der Waals surface area contributed by atoms with Gasteiger partial charge in [0.05, 0.1) is 11.8 Å². The predicted octanol–water partition coefficient (Wildman–Crippen LogP) is 1.99. The fourth-order valence-corrected chi connectivity index (χ4v) is 3.28. The Morgan fingerprint density at radius 3 is 2.50 bits per heavy atom. The number of benzene rings is 1. The molecule has 0 aliphatic carbocycles. The Hall–Kier alpha value is -3.16. The van der Waals surface area contributed by atoms with Crippen molar-refractivity contribution in [1.29, 1.82) is 0 Å². The summed E-state index contributed by atoms with van der Waals surface area (Å²) in [5.74, 6) is -0.264. The monoisotopic (exact) mass is 384 g/mol. The number of hydrogen-bond acceptors (Lipinski definition) is 5. The summed E-state index contributed by atoms with van der Waals surface area (Å²) < 4.78 is 0.940. The van der Waals surface area contributed by atoms with Crippen LogP contribution in [0.3, 0.4) is 0 Å². The number of nitrogens with zero attached hydrogens (tertiary/aromatic N) is 3. The topological polar surface area (TPSA) is 108 Å². The van der Waals surface area contributed by atoms with E-state index < -0.39 is 17.1 Å². The fourth-order valence-electron chi connectivity index (χ4n) is 3.28. The zero-order valence-corrected chi connectivity index (χ0v) is 16.4. The molecule has 0 saturated carbocycles. The summed E-state index contributed by atoms with van der Waals surface area (Å²) in [4.78, 5) is 38.6. The predicted molar refractivity (Wildman–Crippen MR) is 106 cm³/mol. The molecule has 1 aromatic heterocycles.